The maximum atomic E-state index is 11.6. The Balaban J connectivity index is 2.87. The van der Waals surface area contributed by atoms with E-state index < -0.39 is 0 Å². The summed E-state index contributed by atoms with van der Waals surface area (Å²) < 4.78 is 0. The van der Waals surface area contributed by atoms with Gasteiger partial charge in [0.25, 0.3) is 0 Å². The minimum atomic E-state index is -0.0613. The van der Waals surface area contributed by atoms with Gasteiger partial charge in [-0.25, -0.2) is 0 Å². The quantitative estimate of drug-likeness (QED) is 0.619. The Morgan fingerprint density at radius 1 is 1.73 bits per heavy atom. The Bertz CT molecular complexity index is 178. The predicted octanol–water partition coefficient (Wildman–Crippen LogP) is 2.78. The normalized spacial score (nSPS) is 44.9. The predicted molar refractivity (Wildman–Crippen MR) is 49.9 cm³/mol. The molecule has 0 N–H and O–H groups in total. The van der Waals surface area contributed by atoms with Gasteiger partial charge in [-0.15, -0.1) is 0 Å². The third-order valence-electron chi connectivity index (χ3n) is 3.23. The fraction of sp³-hybridized carbons (Fsp3) is 0.889. The van der Waals surface area contributed by atoms with E-state index in [0.29, 0.717) is 11.7 Å². The number of hydrogen-bond acceptors (Lipinski definition) is 1. The summed E-state index contributed by atoms with van der Waals surface area (Å²) >= 11 is 3.41. The molecule has 3 atom stereocenters. The van der Waals surface area contributed by atoms with Crippen molar-refractivity contribution in [3.8, 4) is 0 Å². The lowest BCUT2D eigenvalue weighted by molar-refractivity contribution is -0.125. The molecule has 0 aromatic rings. The minimum Gasteiger partial charge on any atom is -0.298 e. The van der Waals surface area contributed by atoms with Crippen molar-refractivity contribution >= 4 is 21.7 Å². The summed E-state index contributed by atoms with van der Waals surface area (Å²) in [6.45, 7) is 6.35. The molecule has 0 amide bonds. The van der Waals surface area contributed by atoms with Crippen LogP contribution in [-0.4, -0.2) is 10.6 Å². The lowest BCUT2D eigenvalue weighted by Gasteiger charge is -2.25. The lowest BCUT2D eigenvalue weighted by atomic mass is 9.78. The molecule has 0 bridgehead atoms. The van der Waals surface area contributed by atoms with Gasteiger partial charge in [0.15, 0.2) is 5.78 Å². The minimum absolute atomic E-state index is 0.0613. The second kappa shape index (κ2) is 2.89. The standard InChI is InChI=1S/C9H15BrO/c1-4-9(3)6(2)5-7(10)8(9)11/h6-7H,4-5H2,1-3H3. The van der Waals surface area contributed by atoms with Gasteiger partial charge in [0.05, 0.1) is 4.83 Å². The molecule has 0 spiro atoms. The Morgan fingerprint density at radius 2 is 2.27 bits per heavy atom. The Morgan fingerprint density at radius 3 is 2.45 bits per heavy atom. The molecule has 1 aliphatic rings. The van der Waals surface area contributed by atoms with E-state index in [4.69, 9.17) is 0 Å². The molecule has 1 rings (SSSR count). The molecule has 1 aliphatic carbocycles. The van der Waals surface area contributed by atoms with Crippen molar-refractivity contribution in [1.82, 2.24) is 0 Å². The summed E-state index contributed by atoms with van der Waals surface area (Å²) in [6.07, 6.45) is 1.97. The zero-order chi connectivity index (χ0) is 8.65. The number of hydrogen-bond donors (Lipinski definition) is 0. The SMILES string of the molecule is CCC1(C)C(=O)C(Br)CC1C. The number of Topliss-reactive ketones (excluding diaryl/α,β-unsaturated/α-hetero) is 1. The third-order valence-corrected chi connectivity index (χ3v) is 4.02. The largest absolute Gasteiger partial charge is 0.298 e. The van der Waals surface area contributed by atoms with E-state index in [1.165, 1.54) is 0 Å². The zero-order valence-corrected chi connectivity index (χ0v) is 8.94. The van der Waals surface area contributed by atoms with Crippen molar-refractivity contribution in [3.05, 3.63) is 0 Å². The van der Waals surface area contributed by atoms with Crippen molar-refractivity contribution in [2.24, 2.45) is 11.3 Å². The van der Waals surface area contributed by atoms with Crippen LogP contribution in [0.3, 0.4) is 0 Å². The van der Waals surface area contributed by atoms with Crippen LogP contribution in [0, 0.1) is 11.3 Å². The van der Waals surface area contributed by atoms with Gasteiger partial charge in [-0.1, -0.05) is 36.7 Å². The maximum absolute atomic E-state index is 11.6. The van der Waals surface area contributed by atoms with Crippen LogP contribution in [0.1, 0.15) is 33.6 Å². The van der Waals surface area contributed by atoms with Crippen LogP contribution in [0.15, 0.2) is 0 Å². The summed E-state index contributed by atoms with van der Waals surface area (Å²) in [5.41, 5.74) is -0.0613. The van der Waals surface area contributed by atoms with E-state index in [1.807, 2.05) is 0 Å². The summed E-state index contributed by atoms with van der Waals surface area (Å²) in [5, 5.41) is 0. The molecule has 3 unspecified atom stereocenters. The van der Waals surface area contributed by atoms with Crippen molar-refractivity contribution in [2.75, 3.05) is 0 Å². The highest BCUT2D eigenvalue weighted by atomic mass is 79.9. The van der Waals surface area contributed by atoms with Gasteiger partial charge >= 0.3 is 0 Å². The first-order valence-corrected chi connectivity index (χ1v) is 5.12. The van der Waals surface area contributed by atoms with Gasteiger partial charge in [0.1, 0.15) is 0 Å². The van der Waals surface area contributed by atoms with Crippen molar-refractivity contribution in [1.29, 1.82) is 0 Å². The average molecular weight is 219 g/mol. The molecule has 1 saturated carbocycles. The molecule has 0 heterocycles. The van der Waals surface area contributed by atoms with Crippen LogP contribution in [0.4, 0.5) is 0 Å². The average Bonchev–Trinajstić information content (AvgIpc) is 2.16. The number of alkyl halides is 1. The van der Waals surface area contributed by atoms with Gasteiger partial charge in [-0.05, 0) is 18.8 Å². The van der Waals surface area contributed by atoms with Crippen LogP contribution in [0.2, 0.25) is 0 Å². The number of carbonyl (C=O) groups excluding carboxylic acids is 1. The van der Waals surface area contributed by atoms with E-state index in [0.717, 1.165) is 12.8 Å². The first-order chi connectivity index (χ1) is 5.02. The molecule has 64 valence electrons. The van der Waals surface area contributed by atoms with Crippen molar-refractivity contribution in [2.45, 2.75) is 38.4 Å². The second-order valence-corrected chi connectivity index (χ2v) is 4.84. The Labute approximate surface area is 76.7 Å². The fourth-order valence-electron chi connectivity index (χ4n) is 1.80. The van der Waals surface area contributed by atoms with Gasteiger partial charge < -0.3 is 0 Å². The summed E-state index contributed by atoms with van der Waals surface area (Å²) in [7, 11) is 0. The maximum Gasteiger partial charge on any atom is 0.152 e. The molecular weight excluding hydrogens is 204 g/mol. The molecule has 1 nitrogen and oxygen atoms in total. The first-order valence-electron chi connectivity index (χ1n) is 4.20. The summed E-state index contributed by atoms with van der Waals surface area (Å²) in [5.74, 6) is 0.928. The zero-order valence-electron chi connectivity index (χ0n) is 7.36. The number of halogens is 1. The fourth-order valence-corrected chi connectivity index (χ4v) is 2.88. The van der Waals surface area contributed by atoms with Crippen LogP contribution in [0.25, 0.3) is 0 Å². The van der Waals surface area contributed by atoms with Gasteiger partial charge in [0.2, 0.25) is 0 Å². The molecule has 0 aromatic carbocycles. The number of rotatable bonds is 1. The molecule has 0 aliphatic heterocycles. The third kappa shape index (κ3) is 1.26. The molecule has 11 heavy (non-hydrogen) atoms. The van der Waals surface area contributed by atoms with E-state index >= 15 is 0 Å². The van der Waals surface area contributed by atoms with E-state index in [-0.39, 0.29) is 10.2 Å². The molecular formula is C9H15BrO. The van der Waals surface area contributed by atoms with Crippen LogP contribution >= 0.6 is 15.9 Å². The van der Waals surface area contributed by atoms with Gasteiger partial charge in [-0.3, -0.25) is 4.79 Å². The van der Waals surface area contributed by atoms with E-state index in [2.05, 4.69) is 36.7 Å². The second-order valence-electron chi connectivity index (χ2n) is 3.74. The van der Waals surface area contributed by atoms with Crippen LogP contribution in [-0.2, 0) is 4.79 Å². The highest BCUT2D eigenvalue weighted by Crippen LogP contribution is 2.44. The summed E-state index contributed by atoms with van der Waals surface area (Å²) in [6, 6.07) is 0. The van der Waals surface area contributed by atoms with Gasteiger partial charge in [0, 0.05) is 5.41 Å². The van der Waals surface area contributed by atoms with Crippen molar-refractivity contribution < 1.29 is 4.79 Å². The molecule has 1 fully saturated rings. The number of ketones is 1. The first kappa shape index (κ1) is 9.24. The van der Waals surface area contributed by atoms with Crippen LogP contribution in [0.5, 0.6) is 0 Å². The molecule has 2 heteroatoms. The van der Waals surface area contributed by atoms with Crippen LogP contribution < -0.4 is 0 Å². The lowest BCUT2D eigenvalue weighted by Crippen LogP contribution is -2.28. The monoisotopic (exact) mass is 218 g/mol. The van der Waals surface area contributed by atoms with E-state index in [9.17, 15) is 4.79 Å². The number of carbonyl (C=O) groups is 1. The van der Waals surface area contributed by atoms with Gasteiger partial charge in [-0.2, -0.15) is 0 Å². The summed E-state index contributed by atoms with van der Waals surface area (Å²) in [4.78, 5) is 11.7. The highest BCUT2D eigenvalue weighted by Gasteiger charge is 2.46. The van der Waals surface area contributed by atoms with E-state index in [1.54, 1.807) is 0 Å². The topological polar surface area (TPSA) is 17.1 Å². The molecule has 0 radical (unpaired) electrons. The Hall–Kier alpha value is 0.150. The smallest absolute Gasteiger partial charge is 0.152 e. The Kier molecular flexibility index (Phi) is 2.43. The highest BCUT2D eigenvalue weighted by molar-refractivity contribution is 9.10. The van der Waals surface area contributed by atoms with Crippen molar-refractivity contribution in [3.63, 3.8) is 0 Å². The molecule has 0 saturated heterocycles. The molecule has 0 aromatic heterocycles.